The van der Waals surface area contributed by atoms with Gasteiger partial charge in [-0.15, -0.1) is 0 Å². The molecule has 0 fully saturated rings. The van der Waals surface area contributed by atoms with Crippen LogP contribution in [0.15, 0.2) is 33.5 Å². The van der Waals surface area contributed by atoms with Crippen molar-refractivity contribution in [3.8, 4) is 0 Å². The molecule has 2 heterocycles. The zero-order valence-electron chi connectivity index (χ0n) is 12.1. The van der Waals surface area contributed by atoms with Gasteiger partial charge in [-0.2, -0.15) is 0 Å². The topological polar surface area (TPSA) is 51.0 Å². The van der Waals surface area contributed by atoms with Gasteiger partial charge in [0, 0.05) is 24.4 Å². The quantitative estimate of drug-likeness (QED) is 0.794. The molecule has 0 aliphatic heterocycles. The number of nitrogens with one attached hydrogen (secondary N) is 1. The molecule has 1 unspecified atom stereocenters. The number of halogens is 1. The lowest BCUT2D eigenvalue weighted by atomic mass is 10.1. The Bertz CT molecular complexity index is 540. The van der Waals surface area contributed by atoms with E-state index in [4.69, 9.17) is 4.42 Å². The fraction of sp³-hybridized carbons (Fsp3) is 0.467. The van der Waals surface area contributed by atoms with E-state index >= 15 is 0 Å². The Kier molecular flexibility index (Phi) is 5.17. The number of anilines is 1. The van der Waals surface area contributed by atoms with E-state index < -0.39 is 0 Å². The van der Waals surface area contributed by atoms with Crippen LogP contribution < -0.4 is 5.32 Å². The largest absolute Gasteiger partial charge is 0.469 e. The highest BCUT2D eigenvalue weighted by Crippen LogP contribution is 2.18. The van der Waals surface area contributed by atoms with Crippen molar-refractivity contribution in [1.82, 2.24) is 9.97 Å². The number of rotatable bonds is 6. The van der Waals surface area contributed by atoms with Gasteiger partial charge < -0.3 is 9.73 Å². The molecule has 1 atom stereocenters. The smallest absolute Gasteiger partial charge is 0.134 e. The Hall–Kier alpha value is -1.36. The molecule has 4 nitrogen and oxygen atoms in total. The third-order valence-electron chi connectivity index (χ3n) is 3.03. The van der Waals surface area contributed by atoms with Gasteiger partial charge in [-0.25, -0.2) is 9.97 Å². The minimum absolute atomic E-state index is 0.312. The molecule has 0 amide bonds. The molecule has 0 saturated heterocycles. The van der Waals surface area contributed by atoms with Gasteiger partial charge in [-0.1, -0.05) is 13.8 Å². The molecule has 20 heavy (non-hydrogen) atoms. The summed E-state index contributed by atoms with van der Waals surface area (Å²) in [6, 6.07) is 6.16. The monoisotopic (exact) mass is 337 g/mol. The first-order valence-corrected chi connectivity index (χ1v) is 7.67. The lowest BCUT2D eigenvalue weighted by Crippen LogP contribution is -2.17. The molecule has 0 saturated carbocycles. The van der Waals surface area contributed by atoms with Crippen LogP contribution in [-0.2, 0) is 6.42 Å². The highest BCUT2D eigenvalue weighted by atomic mass is 79.9. The van der Waals surface area contributed by atoms with Crippen molar-refractivity contribution in [2.45, 2.75) is 45.6 Å². The van der Waals surface area contributed by atoms with Crippen LogP contribution in [0.5, 0.6) is 0 Å². The second kappa shape index (κ2) is 6.88. The molecular formula is C15H20BrN3O. The first kappa shape index (κ1) is 15.0. The summed E-state index contributed by atoms with van der Waals surface area (Å²) in [5.74, 6) is 3.04. The number of hydrogen-bond donors (Lipinski definition) is 1. The average Bonchev–Trinajstić information content (AvgIpc) is 2.88. The molecule has 0 bridgehead atoms. The van der Waals surface area contributed by atoms with Gasteiger partial charge in [0.05, 0.1) is 6.26 Å². The molecule has 2 aromatic heterocycles. The van der Waals surface area contributed by atoms with Crippen molar-refractivity contribution in [2.75, 3.05) is 5.32 Å². The number of nitrogens with zero attached hydrogens (tertiary/aromatic N) is 2. The SMILES string of the molecule is CC(CCc1ccco1)Nc1cc(Br)nc(C(C)C)n1. The van der Waals surface area contributed by atoms with Crippen molar-refractivity contribution in [3.05, 3.63) is 40.7 Å². The number of aryl methyl sites for hydroxylation is 1. The van der Waals surface area contributed by atoms with Crippen molar-refractivity contribution in [2.24, 2.45) is 0 Å². The van der Waals surface area contributed by atoms with E-state index in [1.165, 1.54) is 0 Å². The van der Waals surface area contributed by atoms with Crippen molar-refractivity contribution in [1.29, 1.82) is 0 Å². The van der Waals surface area contributed by atoms with Gasteiger partial charge in [0.1, 0.15) is 22.0 Å². The molecule has 0 aliphatic rings. The second-order valence-electron chi connectivity index (χ2n) is 5.25. The van der Waals surface area contributed by atoms with E-state index in [9.17, 15) is 0 Å². The van der Waals surface area contributed by atoms with Gasteiger partial charge in [-0.05, 0) is 41.4 Å². The molecule has 2 rings (SSSR count). The first-order valence-electron chi connectivity index (χ1n) is 6.88. The van der Waals surface area contributed by atoms with E-state index in [2.05, 4.69) is 52.0 Å². The highest BCUT2D eigenvalue weighted by molar-refractivity contribution is 9.10. The Morgan fingerprint density at radius 1 is 1.30 bits per heavy atom. The molecule has 0 spiro atoms. The highest BCUT2D eigenvalue weighted by Gasteiger charge is 2.09. The van der Waals surface area contributed by atoms with Crippen LogP contribution >= 0.6 is 15.9 Å². The minimum Gasteiger partial charge on any atom is -0.469 e. The zero-order chi connectivity index (χ0) is 14.5. The number of hydrogen-bond acceptors (Lipinski definition) is 4. The first-order chi connectivity index (χ1) is 9.54. The van der Waals surface area contributed by atoms with Gasteiger partial charge in [0.2, 0.25) is 0 Å². The third kappa shape index (κ3) is 4.34. The maximum Gasteiger partial charge on any atom is 0.134 e. The Morgan fingerprint density at radius 2 is 2.10 bits per heavy atom. The summed E-state index contributed by atoms with van der Waals surface area (Å²) in [5, 5.41) is 3.42. The third-order valence-corrected chi connectivity index (χ3v) is 3.43. The minimum atomic E-state index is 0.312. The molecule has 0 aliphatic carbocycles. The molecule has 0 radical (unpaired) electrons. The predicted molar refractivity (Wildman–Crippen MR) is 83.9 cm³/mol. The maximum absolute atomic E-state index is 5.34. The van der Waals surface area contributed by atoms with Crippen LogP contribution in [0.4, 0.5) is 5.82 Å². The molecule has 2 aromatic rings. The van der Waals surface area contributed by atoms with Crippen LogP contribution in [0.1, 0.15) is 44.7 Å². The van der Waals surface area contributed by atoms with Crippen LogP contribution in [-0.4, -0.2) is 16.0 Å². The summed E-state index contributed by atoms with van der Waals surface area (Å²) in [6.07, 6.45) is 3.63. The van der Waals surface area contributed by atoms with E-state index in [0.717, 1.165) is 34.8 Å². The van der Waals surface area contributed by atoms with Crippen LogP contribution in [0.25, 0.3) is 0 Å². The van der Waals surface area contributed by atoms with Crippen molar-refractivity contribution < 1.29 is 4.42 Å². The Labute approximate surface area is 128 Å². The Balaban J connectivity index is 1.95. The number of aromatic nitrogens is 2. The summed E-state index contributed by atoms with van der Waals surface area (Å²) in [5.41, 5.74) is 0. The summed E-state index contributed by atoms with van der Waals surface area (Å²) in [6.45, 7) is 6.33. The van der Waals surface area contributed by atoms with Crippen LogP contribution in [0, 0.1) is 0 Å². The van der Waals surface area contributed by atoms with Gasteiger partial charge in [0.15, 0.2) is 0 Å². The number of furan rings is 1. The van der Waals surface area contributed by atoms with Gasteiger partial charge in [-0.3, -0.25) is 0 Å². The maximum atomic E-state index is 5.34. The molecule has 5 heteroatoms. The molecule has 1 N–H and O–H groups in total. The summed E-state index contributed by atoms with van der Waals surface area (Å²) < 4.78 is 6.16. The van der Waals surface area contributed by atoms with Crippen molar-refractivity contribution >= 4 is 21.7 Å². The summed E-state index contributed by atoms with van der Waals surface area (Å²) in [7, 11) is 0. The van der Waals surface area contributed by atoms with Crippen molar-refractivity contribution in [3.63, 3.8) is 0 Å². The normalized spacial score (nSPS) is 12.7. The molecule has 0 aromatic carbocycles. The summed E-state index contributed by atoms with van der Waals surface area (Å²) >= 11 is 3.44. The van der Waals surface area contributed by atoms with E-state index in [1.807, 2.05) is 18.2 Å². The zero-order valence-corrected chi connectivity index (χ0v) is 13.6. The lowest BCUT2D eigenvalue weighted by Gasteiger charge is -2.15. The Morgan fingerprint density at radius 3 is 2.75 bits per heavy atom. The summed E-state index contributed by atoms with van der Waals surface area (Å²) in [4.78, 5) is 8.92. The molecular weight excluding hydrogens is 318 g/mol. The molecule has 108 valence electrons. The fourth-order valence-corrected chi connectivity index (χ4v) is 2.30. The second-order valence-corrected chi connectivity index (χ2v) is 6.06. The van der Waals surface area contributed by atoms with E-state index in [0.29, 0.717) is 12.0 Å². The van der Waals surface area contributed by atoms with Crippen LogP contribution in [0.3, 0.4) is 0 Å². The predicted octanol–water partition coefficient (Wildman–Crippen LogP) is 4.39. The average molecular weight is 338 g/mol. The van der Waals surface area contributed by atoms with Crippen LogP contribution in [0.2, 0.25) is 0 Å². The van der Waals surface area contributed by atoms with Gasteiger partial charge in [0.25, 0.3) is 0 Å². The fourth-order valence-electron chi connectivity index (χ4n) is 1.91. The lowest BCUT2D eigenvalue weighted by molar-refractivity contribution is 0.494. The standard InChI is InChI=1S/C15H20BrN3O/c1-10(2)15-18-13(16)9-14(19-15)17-11(3)6-7-12-5-4-8-20-12/h4-5,8-11H,6-7H2,1-3H3,(H,17,18,19). The van der Waals surface area contributed by atoms with E-state index in [-0.39, 0.29) is 0 Å². The van der Waals surface area contributed by atoms with Gasteiger partial charge >= 0.3 is 0 Å². The van der Waals surface area contributed by atoms with E-state index in [1.54, 1.807) is 6.26 Å².